The quantitative estimate of drug-likeness (QED) is 0.608. The van der Waals surface area contributed by atoms with Gasteiger partial charge in [-0.2, -0.15) is 0 Å². The molecule has 2 bridgehead atoms. The molecule has 142 valence electrons. The fourth-order valence-corrected chi connectivity index (χ4v) is 5.46. The lowest BCUT2D eigenvalue weighted by Gasteiger charge is -2.28. The van der Waals surface area contributed by atoms with Gasteiger partial charge in [0.15, 0.2) is 6.61 Å². The zero-order valence-corrected chi connectivity index (χ0v) is 16.2. The fraction of sp³-hybridized carbons (Fsp3) is 0.476. The Balaban J connectivity index is 1.23. The first-order valence-electron chi connectivity index (χ1n) is 9.58. The molecule has 6 heteroatoms. The molecule has 1 amide bonds. The Morgan fingerprint density at radius 1 is 1.33 bits per heavy atom. The van der Waals surface area contributed by atoms with Gasteiger partial charge in [0.05, 0.1) is 10.2 Å². The van der Waals surface area contributed by atoms with Crippen molar-refractivity contribution in [1.82, 2.24) is 10.3 Å². The summed E-state index contributed by atoms with van der Waals surface area (Å²) in [6, 6.07) is 7.95. The molecule has 4 rings (SSSR count). The SMILES string of the molecule is CC(NC(=O)COC(=O)/C=C/c1nc2ccccc2s1)C1CC2CCC1C2. The van der Waals surface area contributed by atoms with E-state index in [-0.39, 0.29) is 18.6 Å². The number of para-hydroxylation sites is 1. The zero-order chi connectivity index (χ0) is 18.8. The topological polar surface area (TPSA) is 68.3 Å². The normalized spacial score (nSPS) is 25.1. The molecule has 2 aliphatic carbocycles. The van der Waals surface area contributed by atoms with Crippen LogP contribution in [0.1, 0.15) is 37.6 Å². The number of hydrogen-bond donors (Lipinski definition) is 1. The summed E-state index contributed by atoms with van der Waals surface area (Å²) in [6.45, 7) is 1.83. The summed E-state index contributed by atoms with van der Waals surface area (Å²) in [5, 5.41) is 3.74. The van der Waals surface area contributed by atoms with E-state index in [1.54, 1.807) is 6.08 Å². The minimum Gasteiger partial charge on any atom is -0.452 e. The number of fused-ring (bicyclic) bond motifs is 3. The van der Waals surface area contributed by atoms with Gasteiger partial charge in [0.1, 0.15) is 5.01 Å². The van der Waals surface area contributed by atoms with Crippen LogP contribution in [0.5, 0.6) is 0 Å². The van der Waals surface area contributed by atoms with Crippen molar-refractivity contribution in [3.8, 4) is 0 Å². The largest absolute Gasteiger partial charge is 0.452 e. The van der Waals surface area contributed by atoms with E-state index in [1.807, 2.05) is 24.3 Å². The van der Waals surface area contributed by atoms with Crippen molar-refractivity contribution in [3.63, 3.8) is 0 Å². The van der Waals surface area contributed by atoms with E-state index in [4.69, 9.17) is 4.74 Å². The lowest BCUT2D eigenvalue weighted by molar-refractivity contribution is -0.144. The van der Waals surface area contributed by atoms with E-state index in [0.29, 0.717) is 5.92 Å². The van der Waals surface area contributed by atoms with Crippen molar-refractivity contribution in [2.45, 2.75) is 38.6 Å². The molecule has 0 radical (unpaired) electrons. The molecule has 0 spiro atoms. The molecule has 0 saturated heterocycles. The zero-order valence-electron chi connectivity index (χ0n) is 15.4. The molecule has 4 atom stereocenters. The van der Waals surface area contributed by atoms with Crippen LogP contribution in [0, 0.1) is 17.8 Å². The highest BCUT2D eigenvalue weighted by Gasteiger charge is 2.42. The maximum absolute atomic E-state index is 12.1. The molecule has 2 aromatic rings. The summed E-state index contributed by atoms with van der Waals surface area (Å²) in [6.07, 6.45) is 8.13. The van der Waals surface area contributed by atoms with Crippen molar-refractivity contribution in [2.24, 2.45) is 17.8 Å². The second kappa shape index (κ2) is 7.80. The first-order chi connectivity index (χ1) is 13.1. The fourth-order valence-electron chi connectivity index (χ4n) is 4.59. The number of aromatic nitrogens is 1. The van der Waals surface area contributed by atoms with E-state index in [1.165, 1.54) is 43.1 Å². The Morgan fingerprint density at radius 2 is 2.19 bits per heavy atom. The van der Waals surface area contributed by atoms with Gasteiger partial charge >= 0.3 is 5.97 Å². The van der Waals surface area contributed by atoms with Crippen LogP contribution in [0.2, 0.25) is 0 Å². The van der Waals surface area contributed by atoms with Gasteiger partial charge in [0.25, 0.3) is 5.91 Å². The number of hydrogen-bond acceptors (Lipinski definition) is 5. The third kappa shape index (κ3) is 4.21. The van der Waals surface area contributed by atoms with Gasteiger partial charge < -0.3 is 10.1 Å². The van der Waals surface area contributed by atoms with Crippen LogP contribution < -0.4 is 5.32 Å². The Morgan fingerprint density at radius 3 is 2.93 bits per heavy atom. The number of nitrogens with zero attached hydrogens (tertiary/aromatic N) is 1. The number of rotatable bonds is 6. The predicted octanol–water partition coefficient (Wildman–Crippen LogP) is 3.79. The Hall–Kier alpha value is -2.21. The van der Waals surface area contributed by atoms with Gasteiger partial charge in [0.2, 0.25) is 0 Å². The summed E-state index contributed by atoms with van der Waals surface area (Å²) in [4.78, 5) is 28.4. The number of carbonyl (C=O) groups is 2. The molecule has 0 aliphatic heterocycles. The molecule has 27 heavy (non-hydrogen) atoms. The Labute approximate surface area is 162 Å². The Bertz CT molecular complexity index is 842. The molecular formula is C21H24N2O3S. The van der Waals surface area contributed by atoms with Gasteiger partial charge in [-0.05, 0) is 62.1 Å². The highest BCUT2D eigenvalue weighted by Crippen LogP contribution is 2.49. The second-order valence-corrected chi connectivity index (χ2v) is 8.72. The molecular weight excluding hydrogens is 360 g/mol. The van der Waals surface area contributed by atoms with E-state index in [2.05, 4.69) is 17.2 Å². The molecule has 2 aliphatic rings. The van der Waals surface area contributed by atoms with Gasteiger partial charge in [-0.3, -0.25) is 4.79 Å². The van der Waals surface area contributed by atoms with Crippen LogP contribution >= 0.6 is 11.3 Å². The molecule has 4 unspecified atom stereocenters. The lowest BCUT2D eigenvalue weighted by Crippen LogP contribution is -2.41. The first-order valence-corrected chi connectivity index (χ1v) is 10.4. The summed E-state index contributed by atoms with van der Waals surface area (Å²) in [7, 11) is 0. The molecule has 1 aromatic carbocycles. The van der Waals surface area contributed by atoms with Crippen LogP contribution in [0.25, 0.3) is 16.3 Å². The van der Waals surface area contributed by atoms with Crippen LogP contribution in [-0.4, -0.2) is 29.5 Å². The van der Waals surface area contributed by atoms with Gasteiger partial charge in [0, 0.05) is 12.1 Å². The van der Waals surface area contributed by atoms with Gasteiger partial charge in [-0.1, -0.05) is 18.6 Å². The van der Waals surface area contributed by atoms with Crippen molar-refractivity contribution >= 4 is 39.5 Å². The van der Waals surface area contributed by atoms with Crippen molar-refractivity contribution in [2.75, 3.05) is 6.61 Å². The maximum Gasteiger partial charge on any atom is 0.331 e. The van der Waals surface area contributed by atoms with E-state index in [9.17, 15) is 9.59 Å². The number of amides is 1. The number of ether oxygens (including phenoxy) is 1. The first kappa shape index (κ1) is 18.2. The molecule has 5 nitrogen and oxygen atoms in total. The minimum absolute atomic E-state index is 0.143. The summed E-state index contributed by atoms with van der Waals surface area (Å²) >= 11 is 1.51. The smallest absolute Gasteiger partial charge is 0.331 e. The number of nitrogens with one attached hydrogen (secondary N) is 1. The molecule has 2 saturated carbocycles. The summed E-state index contributed by atoms with van der Waals surface area (Å²) in [5.74, 6) is 1.42. The lowest BCUT2D eigenvalue weighted by atomic mass is 9.84. The summed E-state index contributed by atoms with van der Waals surface area (Å²) < 4.78 is 6.13. The maximum atomic E-state index is 12.1. The number of benzene rings is 1. The molecule has 2 fully saturated rings. The van der Waals surface area contributed by atoms with Crippen LogP contribution in [0.15, 0.2) is 30.3 Å². The minimum atomic E-state index is -0.531. The highest BCUT2D eigenvalue weighted by atomic mass is 32.1. The third-order valence-electron chi connectivity index (χ3n) is 5.84. The van der Waals surface area contributed by atoms with E-state index < -0.39 is 5.97 Å². The third-order valence-corrected chi connectivity index (χ3v) is 6.84. The number of carbonyl (C=O) groups excluding carboxylic acids is 2. The molecule has 1 aromatic heterocycles. The monoisotopic (exact) mass is 384 g/mol. The molecule has 1 N–H and O–H groups in total. The van der Waals surface area contributed by atoms with Crippen molar-refractivity contribution in [1.29, 1.82) is 0 Å². The number of thiazole rings is 1. The van der Waals surface area contributed by atoms with Gasteiger partial charge in [-0.25, -0.2) is 9.78 Å². The standard InChI is InChI=1S/C21H24N2O3S/c1-13(16-11-14-6-7-15(16)10-14)22-19(24)12-26-21(25)9-8-20-23-17-4-2-3-5-18(17)27-20/h2-5,8-9,13-16H,6-7,10-12H2,1H3,(H,22,24)/b9-8+. The van der Waals surface area contributed by atoms with Crippen LogP contribution in [0.3, 0.4) is 0 Å². The molecule has 1 heterocycles. The van der Waals surface area contributed by atoms with Gasteiger partial charge in [-0.15, -0.1) is 11.3 Å². The second-order valence-electron chi connectivity index (χ2n) is 7.66. The van der Waals surface area contributed by atoms with Crippen molar-refractivity contribution in [3.05, 3.63) is 35.3 Å². The Kier molecular flexibility index (Phi) is 5.25. The van der Waals surface area contributed by atoms with E-state index >= 15 is 0 Å². The van der Waals surface area contributed by atoms with Crippen LogP contribution in [-0.2, 0) is 14.3 Å². The number of esters is 1. The van der Waals surface area contributed by atoms with Crippen LogP contribution in [0.4, 0.5) is 0 Å². The van der Waals surface area contributed by atoms with E-state index in [0.717, 1.165) is 27.1 Å². The van der Waals surface area contributed by atoms with Crippen molar-refractivity contribution < 1.29 is 14.3 Å². The average molecular weight is 385 g/mol. The highest BCUT2D eigenvalue weighted by molar-refractivity contribution is 7.19. The average Bonchev–Trinajstić information content (AvgIpc) is 3.39. The summed E-state index contributed by atoms with van der Waals surface area (Å²) in [5.41, 5.74) is 0.907. The predicted molar refractivity (Wildman–Crippen MR) is 106 cm³/mol.